The molecule has 2 aliphatic rings. The molecule has 5 nitrogen and oxygen atoms in total. The molecule has 0 unspecified atom stereocenters. The van der Waals surface area contributed by atoms with E-state index in [1.54, 1.807) is 0 Å². The minimum absolute atomic E-state index is 0.287. The van der Waals surface area contributed by atoms with Gasteiger partial charge in [-0.1, -0.05) is 19.1 Å². The van der Waals surface area contributed by atoms with E-state index in [1.165, 1.54) is 22.0 Å². The fourth-order valence-corrected chi connectivity index (χ4v) is 4.68. The van der Waals surface area contributed by atoms with Crippen LogP contribution in [-0.2, 0) is 11.2 Å². The Hall–Kier alpha value is -2.01. The summed E-state index contributed by atoms with van der Waals surface area (Å²) < 4.78 is 5.13. The number of carbonyl (C=O) groups excluding carboxylic acids is 1. The minimum Gasteiger partial charge on any atom is -0.450 e. The van der Waals surface area contributed by atoms with Crippen molar-refractivity contribution in [1.82, 2.24) is 15.2 Å². The predicted molar refractivity (Wildman–Crippen MR) is 98.9 cm³/mol. The highest BCUT2D eigenvalue weighted by Crippen LogP contribution is 2.44. The fraction of sp³-hybridized carbons (Fsp3) is 0.550. The number of ether oxygens (including phenoxy) is 1. The maximum absolute atomic E-state index is 11.7. The van der Waals surface area contributed by atoms with Gasteiger partial charge < -0.3 is 19.9 Å². The highest BCUT2D eigenvalue weighted by molar-refractivity contribution is 5.88. The van der Waals surface area contributed by atoms with Gasteiger partial charge in [-0.2, -0.15) is 0 Å². The Bertz CT molecular complexity index is 769. The van der Waals surface area contributed by atoms with Crippen LogP contribution >= 0.6 is 0 Å². The monoisotopic (exact) mass is 341 g/mol. The van der Waals surface area contributed by atoms with Crippen molar-refractivity contribution in [3.63, 3.8) is 0 Å². The van der Waals surface area contributed by atoms with Gasteiger partial charge in [-0.05, 0) is 49.4 Å². The Morgan fingerprint density at radius 1 is 1.44 bits per heavy atom. The first-order valence-corrected chi connectivity index (χ1v) is 9.37. The summed E-state index contributed by atoms with van der Waals surface area (Å²) >= 11 is 0. The molecule has 1 amide bonds. The molecule has 4 rings (SSSR count). The number of piperidine rings is 1. The molecule has 1 aromatic heterocycles. The van der Waals surface area contributed by atoms with Gasteiger partial charge >= 0.3 is 6.09 Å². The number of rotatable bonds is 4. The summed E-state index contributed by atoms with van der Waals surface area (Å²) in [5.74, 6) is 0.986. The molecule has 1 fully saturated rings. The van der Waals surface area contributed by atoms with Crippen LogP contribution in [0.1, 0.15) is 36.8 Å². The normalized spacial score (nSPS) is 25.6. The van der Waals surface area contributed by atoms with Crippen LogP contribution in [0.25, 0.3) is 10.9 Å². The Morgan fingerprint density at radius 2 is 2.32 bits per heavy atom. The van der Waals surface area contributed by atoms with Crippen LogP contribution in [0.2, 0.25) is 0 Å². The van der Waals surface area contributed by atoms with E-state index in [1.807, 2.05) is 6.92 Å². The lowest BCUT2D eigenvalue weighted by Gasteiger charge is -2.45. The molecule has 2 heterocycles. The number of hydrogen-bond donors (Lipinski definition) is 2. The van der Waals surface area contributed by atoms with Crippen LogP contribution in [0.3, 0.4) is 0 Å². The number of nitrogens with zero attached hydrogens (tertiary/aromatic N) is 1. The molecule has 1 saturated heterocycles. The van der Waals surface area contributed by atoms with Gasteiger partial charge in [-0.3, -0.25) is 0 Å². The standard InChI is InChI=1S/C20H27N3O2/c1-3-7-25-20(24)22-10-13-8-16-15-5-4-6-17-19(15)14(11-21-17)9-18(16)23(2)12-13/h4-6,11,13,16,18,21H,3,7-10,12H2,1-2H3,(H,22,24)/t13-,16+,18+/m0/s1. The van der Waals surface area contributed by atoms with Gasteiger partial charge in [0.25, 0.3) is 0 Å². The van der Waals surface area contributed by atoms with E-state index in [4.69, 9.17) is 4.74 Å². The zero-order valence-corrected chi connectivity index (χ0v) is 15.0. The second-order valence-electron chi connectivity index (χ2n) is 7.52. The van der Waals surface area contributed by atoms with Crippen molar-refractivity contribution in [2.24, 2.45) is 5.92 Å². The fourth-order valence-electron chi connectivity index (χ4n) is 4.68. The summed E-state index contributed by atoms with van der Waals surface area (Å²) in [4.78, 5) is 17.6. The Balaban J connectivity index is 1.50. The van der Waals surface area contributed by atoms with Crippen LogP contribution in [0.5, 0.6) is 0 Å². The van der Waals surface area contributed by atoms with Gasteiger partial charge in [0, 0.05) is 42.1 Å². The highest BCUT2D eigenvalue weighted by atomic mass is 16.5. The molecule has 5 heteroatoms. The zero-order valence-electron chi connectivity index (χ0n) is 15.0. The maximum Gasteiger partial charge on any atom is 0.407 e. The molecule has 0 saturated carbocycles. The van der Waals surface area contributed by atoms with Crippen molar-refractivity contribution in [2.45, 2.75) is 38.1 Å². The summed E-state index contributed by atoms with van der Waals surface area (Å²) in [5.41, 5.74) is 4.16. The van der Waals surface area contributed by atoms with Crippen LogP contribution in [0.15, 0.2) is 24.4 Å². The van der Waals surface area contributed by atoms with E-state index in [0.717, 1.165) is 25.8 Å². The molecule has 1 aliphatic carbocycles. The maximum atomic E-state index is 11.7. The van der Waals surface area contributed by atoms with Crippen molar-refractivity contribution in [3.8, 4) is 0 Å². The summed E-state index contributed by atoms with van der Waals surface area (Å²) in [6, 6.07) is 7.16. The number of carbonyl (C=O) groups is 1. The SMILES string of the molecule is CCCOC(=O)NC[C@@H]1C[C@@H]2c3cccc4[nH]cc(c34)C[C@H]2N(C)C1. The number of nitrogens with one attached hydrogen (secondary N) is 2. The molecule has 0 spiro atoms. The van der Waals surface area contributed by atoms with E-state index < -0.39 is 0 Å². The molecule has 25 heavy (non-hydrogen) atoms. The van der Waals surface area contributed by atoms with Crippen LogP contribution in [0.4, 0.5) is 4.79 Å². The Kier molecular flexibility index (Phi) is 4.42. The molecule has 0 radical (unpaired) electrons. The number of amides is 1. The van der Waals surface area contributed by atoms with Crippen molar-refractivity contribution in [2.75, 3.05) is 26.7 Å². The first kappa shape index (κ1) is 16.5. The lowest BCUT2D eigenvalue weighted by atomic mass is 9.72. The average Bonchev–Trinajstić information content (AvgIpc) is 3.03. The third-order valence-corrected chi connectivity index (χ3v) is 5.78. The molecule has 2 aromatic rings. The average molecular weight is 341 g/mol. The van der Waals surface area contributed by atoms with Gasteiger partial charge in [-0.15, -0.1) is 0 Å². The topological polar surface area (TPSA) is 57.4 Å². The predicted octanol–water partition coefficient (Wildman–Crippen LogP) is 3.26. The number of hydrogen-bond acceptors (Lipinski definition) is 3. The van der Waals surface area contributed by atoms with Gasteiger partial charge in [-0.25, -0.2) is 4.79 Å². The lowest BCUT2D eigenvalue weighted by molar-refractivity contribution is 0.105. The van der Waals surface area contributed by atoms with Crippen molar-refractivity contribution < 1.29 is 9.53 Å². The molecule has 1 aromatic carbocycles. The third-order valence-electron chi connectivity index (χ3n) is 5.78. The molecule has 3 atom stereocenters. The smallest absolute Gasteiger partial charge is 0.407 e. The highest BCUT2D eigenvalue weighted by Gasteiger charge is 2.39. The number of likely N-dealkylation sites (tertiary alicyclic amines) is 1. The third kappa shape index (κ3) is 3.01. The van der Waals surface area contributed by atoms with Gasteiger partial charge in [0.1, 0.15) is 0 Å². The number of aromatic nitrogens is 1. The molecule has 2 N–H and O–H groups in total. The lowest BCUT2D eigenvalue weighted by Crippen LogP contribution is -2.50. The van der Waals surface area contributed by atoms with Crippen LogP contribution in [0, 0.1) is 5.92 Å². The second-order valence-corrected chi connectivity index (χ2v) is 7.52. The number of H-pyrrole nitrogens is 1. The molecule has 134 valence electrons. The van der Waals surface area contributed by atoms with E-state index in [-0.39, 0.29) is 6.09 Å². The van der Waals surface area contributed by atoms with Gasteiger partial charge in [0.05, 0.1) is 6.61 Å². The summed E-state index contributed by atoms with van der Waals surface area (Å²) in [6.07, 6.45) is 4.97. The summed E-state index contributed by atoms with van der Waals surface area (Å²) in [5, 5.41) is 4.37. The molecule has 0 bridgehead atoms. The van der Waals surface area contributed by atoms with Crippen LogP contribution in [-0.4, -0.2) is 48.8 Å². The number of benzene rings is 1. The minimum atomic E-state index is -0.287. The number of likely N-dealkylation sites (N-methyl/N-ethyl adjacent to an activating group) is 1. The zero-order chi connectivity index (χ0) is 17.4. The summed E-state index contributed by atoms with van der Waals surface area (Å²) in [7, 11) is 2.22. The quantitative estimate of drug-likeness (QED) is 0.897. The Morgan fingerprint density at radius 3 is 3.16 bits per heavy atom. The van der Waals surface area contributed by atoms with Crippen molar-refractivity contribution >= 4 is 17.0 Å². The number of fused-ring (bicyclic) bond motifs is 2. The van der Waals surface area contributed by atoms with Crippen molar-refractivity contribution in [3.05, 3.63) is 35.5 Å². The van der Waals surface area contributed by atoms with E-state index in [9.17, 15) is 4.79 Å². The second kappa shape index (κ2) is 6.71. The number of aromatic amines is 1. The van der Waals surface area contributed by atoms with Gasteiger partial charge in [0.2, 0.25) is 0 Å². The largest absolute Gasteiger partial charge is 0.450 e. The van der Waals surface area contributed by atoms with Crippen molar-refractivity contribution in [1.29, 1.82) is 0 Å². The molecular formula is C20H27N3O2. The van der Waals surface area contributed by atoms with Gasteiger partial charge in [0.15, 0.2) is 0 Å². The molecule has 1 aliphatic heterocycles. The van der Waals surface area contributed by atoms with E-state index in [2.05, 4.69) is 46.6 Å². The molecular weight excluding hydrogens is 314 g/mol. The van der Waals surface area contributed by atoms with E-state index in [0.29, 0.717) is 31.0 Å². The Labute approximate surface area is 148 Å². The summed E-state index contributed by atoms with van der Waals surface area (Å²) in [6.45, 7) is 4.19. The van der Waals surface area contributed by atoms with Crippen LogP contribution < -0.4 is 5.32 Å². The van der Waals surface area contributed by atoms with E-state index >= 15 is 0 Å². The number of alkyl carbamates (subject to hydrolysis) is 1. The first-order valence-electron chi connectivity index (χ1n) is 9.37. The first-order chi connectivity index (χ1) is 12.2.